The average molecular weight is 349 g/mol. The molecule has 0 saturated heterocycles. The van der Waals surface area contributed by atoms with Crippen molar-refractivity contribution in [1.82, 2.24) is 4.90 Å². The summed E-state index contributed by atoms with van der Waals surface area (Å²) < 4.78 is 16.4. The number of hydrogen-bond donors (Lipinski definition) is 0. The van der Waals surface area contributed by atoms with E-state index in [-0.39, 0.29) is 24.3 Å². The van der Waals surface area contributed by atoms with Crippen LogP contribution in [0, 0.1) is 0 Å². The second kappa shape index (κ2) is 6.32. The first-order chi connectivity index (χ1) is 11.5. The Balaban J connectivity index is 1.96. The molecule has 128 valence electrons. The zero-order chi connectivity index (χ0) is 17.4. The molecule has 24 heavy (non-hydrogen) atoms. The molecule has 0 bridgehead atoms. The van der Waals surface area contributed by atoms with Crippen LogP contribution in [0.25, 0.3) is 10.1 Å². The van der Waals surface area contributed by atoms with Crippen LogP contribution in [-0.2, 0) is 16.1 Å². The Morgan fingerprint density at radius 1 is 1.25 bits per heavy atom. The molecule has 0 radical (unpaired) electrons. The van der Waals surface area contributed by atoms with Crippen LogP contribution < -0.4 is 9.47 Å². The van der Waals surface area contributed by atoms with E-state index in [0.717, 1.165) is 20.5 Å². The molecule has 1 aliphatic rings. The van der Waals surface area contributed by atoms with Gasteiger partial charge >= 0.3 is 5.97 Å². The number of fused-ring (bicyclic) bond motifs is 3. The third-order valence-electron chi connectivity index (χ3n) is 4.30. The number of esters is 1. The number of thiophene rings is 1. The predicted molar refractivity (Wildman–Crippen MR) is 90.9 cm³/mol. The summed E-state index contributed by atoms with van der Waals surface area (Å²) >= 11 is 1.45. The fourth-order valence-corrected chi connectivity index (χ4v) is 4.15. The van der Waals surface area contributed by atoms with Gasteiger partial charge in [0.15, 0.2) is 11.5 Å². The van der Waals surface area contributed by atoms with Gasteiger partial charge in [0.2, 0.25) is 0 Å². The molecule has 0 aliphatic carbocycles. The number of carbonyl (C=O) groups is 2. The third-order valence-corrected chi connectivity index (χ3v) is 5.49. The summed E-state index contributed by atoms with van der Waals surface area (Å²) in [6, 6.07) is 3.59. The molecule has 0 unspecified atom stereocenters. The standard InChI is InChI=1S/C17H19NO5S/c1-9(5-15(19)23-4)18-8-11-10-6-12(21-2)13(22-3)7-14(10)24-16(11)17(18)20/h6-7,9H,5,8H2,1-4H3/t9-/m0/s1. The van der Waals surface area contributed by atoms with Crippen molar-refractivity contribution in [2.45, 2.75) is 25.9 Å². The molecule has 1 atom stereocenters. The highest BCUT2D eigenvalue weighted by Gasteiger charge is 2.35. The summed E-state index contributed by atoms with van der Waals surface area (Å²) in [5, 5.41) is 0.994. The Hall–Kier alpha value is -2.28. The predicted octanol–water partition coefficient (Wildman–Crippen LogP) is 2.83. The van der Waals surface area contributed by atoms with E-state index in [1.807, 2.05) is 19.1 Å². The molecule has 0 spiro atoms. The van der Waals surface area contributed by atoms with Gasteiger partial charge in [-0.2, -0.15) is 0 Å². The van der Waals surface area contributed by atoms with Crippen molar-refractivity contribution in [3.63, 3.8) is 0 Å². The SMILES string of the molecule is COC(=O)C[C@H](C)N1Cc2c(sc3cc(OC)c(OC)cc23)C1=O. The van der Waals surface area contributed by atoms with Crippen LogP contribution in [-0.4, -0.2) is 44.1 Å². The van der Waals surface area contributed by atoms with Gasteiger partial charge in [0.05, 0.1) is 32.6 Å². The van der Waals surface area contributed by atoms with Crippen LogP contribution in [0.2, 0.25) is 0 Å². The van der Waals surface area contributed by atoms with E-state index < -0.39 is 0 Å². The smallest absolute Gasteiger partial charge is 0.307 e. The molecule has 1 aliphatic heterocycles. The minimum absolute atomic E-state index is 0.0412. The van der Waals surface area contributed by atoms with Gasteiger partial charge in [0.1, 0.15) is 0 Å². The van der Waals surface area contributed by atoms with Gasteiger partial charge < -0.3 is 19.1 Å². The van der Waals surface area contributed by atoms with E-state index in [0.29, 0.717) is 18.0 Å². The van der Waals surface area contributed by atoms with E-state index in [1.165, 1.54) is 18.4 Å². The molecular weight excluding hydrogens is 330 g/mol. The van der Waals surface area contributed by atoms with Crippen LogP contribution in [0.5, 0.6) is 11.5 Å². The van der Waals surface area contributed by atoms with E-state index in [9.17, 15) is 9.59 Å². The number of rotatable bonds is 5. The maximum Gasteiger partial charge on any atom is 0.307 e. The second-order valence-electron chi connectivity index (χ2n) is 5.68. The number of hydrogen-bond acceptors (Lipinski definition) is 6. The molecule has 1 aromatic heterocycles. The molecule has 3 rings (SSSR count). The van der Waals surface area contributed by atoms with Crippen LogP contribution in [0.3, 0.4) is 0 Å². The Kier molecular flexibility index (Phi) is 4.36. The lowest BCUT2D eigenvalue weighted by Gasteiger charge is -2.23. The van der Waals surface area contributed by atoms with Crippen LogP contribution in [0.15, 0.2) is 12.1 Å². The van der Waals surface area contributed by atoms with Crippen LogP contribution >= 0.6 is 11.3 Å². The highest BCUT2D eigenvalue weighted by molar-refractivity contribution is 7.21. The first-order valence-electron chi connectivity index (χ1n) is 7.55. The molecule has 2 aromatic rings. The molecule has 1 aromatic carbocycles. The summed E-state index contributed by atoms with van der Waals surface area (Å²) in [7, 11) is 4.53. The Bertz CT molecular complexity index is 813. The van der Waals surface area contributed by atoms with Crippen LogP contribution in [0.4, 0.5) is 0 Å². The maximum absolute atomic E-state index is 12.7. The fraction of sp³-hybridized carbons (Fsp3) is 0.412. The highest BCUT2D eigenvalue weighted by Crippen LogP contribution is 2.43. The van der Waals surface area contributed by atoms with Crippen molar-refractivity contribution in [2.24, 2.45) is 0 Å². The highest BCUT2D eigenvalue weighted by atomic mass is 32.1. The summed E-state index contributed by atoms with van der Waals surface area (Å²) in [6.45, 7) is 2.35. The third kappa shape index (κ3) is 2.58. The summed E-state index contributed by atoms with van der Waals surface area (Å²) in [4.78, 5) is 26.6. The molecular formula is C17H19NO5S. The maximum atomic E-state index is 12.7. The lowest BCUT2D eigenvalue weighted by Crippen LogP contribution is -2.35. The van der Waals surface area contributed by atoms with Gasteiger partial charge in [0.25, 0.3) is 5.91 Å². The summed E-state index contributed by atoms with van der Waals surface area (Å²) in [5.41, 5.74) is 0.984. The number of methoxy groups -OCH3 is 3. The van der Waals surface area contributed by atoms with Gasteiger partial charge in [-0.25, -0.2) is 0 Å². The number of nitrogens with zero attached hydrogens (tertiary/aromatic N) is 1. The molecule has 6 nitrogen and oxygen atoms in total. The molecule has 1 amide bonds. The Morgan fingerprint density at radius 2 is 1.92 bits per heavy atom. The number of ether oxygens (including phenoxy) is 3. The largest absolute Gasteiger partial charge is 0.493 e. The first-order valence-corrected chi connectivity index (χ1v) is 8.37. The number of carbonyl (C=O) groups excluding carboxylic acids is 2. The van der Waals surface area contributed by atoms with Crippen molar-refractivity contribution in [3.8, 4) is 11.5 Å². The van der Waals surface area contributed by atoms with Crippen molar-refractivity contribution in [3.05, 3.63) is 22.6 Å². The van der Waals surface area contributed by atoms with E-state index in [2.05, 4.69) is 0 Å². The molecule has 0 fully saturated rings. The Morgan fingerprint density at radius 3 is 2.54 bits per heavy atom. The van der Waals surface area contributed by atoms with Crippen molar-refractivity contribution in [1.29, 1.82) is 0 Å². The fourth-order valence-electron chi connectivity index (χ4n) is 2.97. The molecule has 7 heteroatoms. The molecule has 2 heterocycles. The summed E-state index contributed by atoms with van der Waals surface area (Å²) in [5.74, 6) is 0.926. The lowest BCUT2D eigenvalue weighted by atomic mass is 10.1. The van der Waals surface area contributed by atoms with Crippen molar-refractivity contribution >= 4 is 33.3 Å². The first kappa shape index (κ1) is 16.6. The van der Waals surface area contributed by atoms with Gasteiger partial charge in [-0.3, -0.25) is 9.59 Å². The normalized spacial score (nSPS) is 14.7. The van der Waals surface area contributed by atoms with E-state index in [1.54, 1.807) is 19.1 Å². The summed E-state index contributed by atoms with van der Waals surface area (Å²) in [6.07, 6.45) is 0.187. The average Bonchev–Trinajstić information content (AvgIpc) is 3.09. The minimum Gasteiger partial charge on any atom is -0.493 e. The van der Waals surface area contributed by atoms with Crippen molar-refractivity contribution in [2.75, 3.05) is 21.3 Å². The molecule has 0 saturated carbocycles. The number of amides is 1. The molecule has 0 N–H and O–H groups in total. The zero-order valence-electron chi connectivity index (χ0n) is 14.0. The van der Waals surface area contributed by atoms with Gasteiger partial charge in [-0.15, -0.1) is 11.3 Å². The van der Waals surface area contributed by atoms with Gasteiger partial charge in [-0.05, 0) is 13.0 Å². The topological polar surface area (TPSA) is 65.1 Å². The van der Waals surface area contributed by atoms with Crippen molar-refractivity contribution < 1.29 is 23.8 Å². The Labute approximate surface area is 143 Å². The van der Waals surface area contributed by atoms with Crippen LogP contribution in [0.1, 0.15) is 28.6 Å². The second-order valence-corrected chi connectivity index (χ2v) is 6.73. The van der Waals surface area contributed by atoms with Gasteiger partial charge in [-0.1, -0.05) is 0 Å². The quantitative estimate of drug-likeness (QED) is 0.777. The van der Waals surface area contributed by atoms with E-state index >= 15 is 0 Å². The number of benzene rings is 1. The zero-order valence-corrected chi connectivity index (χ0v) is 14.9. The lowest BCUT2D eigenvalue weighted by molar-refractivity contribution is -0.141. The van der Waals surface area contributed by atoms with Gasteiger partial charge in [0, 0.05) is 34.3 Å². The van der Waals surface area contributed by atoms with E-state index in [4.69, 9.17) is 14.2 Å². The minimum atomic E-state index is -0.318. The monoisotopic (exact) mass is 349 g/mol.